The molecule has 0 radical (unpaired) electrons. The maximum Gasteiger partial charge on any atom is 0.143 e. The van der Waals surface area contributed by atoms with Crippen LogP contribution in [0.2, 0.25) is 0 Å². The van der Waals surface area contributed by atoms with Crippen LogP contribution < -0.4 is 4.90 Å². The van der Waals surface area contributed by atoms with E-state index in [4.69, 9.17) is 4.42 Å². The first-order chi connectivity index (χ1) is 34.7. The molecule has 0 unspecified atom stereocenters. The quantitative estimate of drug-likeness (QED) is 0.159. The van der Waals surface area contributed by atoms with Crippen molar-refractivity contribution in [2.75, 3.05) is 4.90 Å². The summed E-state index contributed by atoms with van der Waals surface area (Å²) in [6, 6.07) is 90.3. The molecule has 0 spiro atoms. The molecule has 0 saturated carbocycles. The first kappa shape index (κ1) is 38.7. The minimum Gasteiger partial charge on any atom is -0.455 e. The molecular weight excluding hydrogens is 851 g/mol. The molecule has 11 aromatic carbocycles. The van der Waals surface area contributed by atoms with Gasteiger partial charge in [-0.05, 0) is 119 Å². The summed E-state index contributed by atoms with van der Waals surface area (Å²) in [7, 11) is 0. The van der Waals surface area contributed by atoms with Crippen molar-refractivity contribution in [3.63, 3.8) is 0 Å². The molecule has 0 atom stereocenters. The lowest BCUT2D eigenvalue weighted by molar-refractivity contribution is 0.670. The topological polar surface area (TPSA) is 25.7 Å². The van der Waals surface area contributed by atoms with Crippen LogP contribution in [0.3, 0.4) is 0 Å². The highest BCUT2D eigenvalue weighted by Crippen LogP contribution is 2.43. The first-order valence-electron chi connectivity index (χ1n) is 24.0. The molecular formula is C66H41N3O. The average Bonchev–Trinajstić information content (AvgIpc) is 4.18. The fourth-order valence-electron chi connectivity index (χ4n) is 11.4. The molecule has 4 nitrogen and oxygen atoms in total. The highest BCUT2D eigenvalue weighted by molar-refractivity contribution is 6.23. The Kier molecular flexibility index (Phi) is 8.33. The molecule has 0 bridgehead atoms. The zero-order valence-corrected chi connectivity index (χ0v) is 37.9. The Morgan fingerprint density at radius 1 is 0.300 bits per heavy atom. The maximum atomic E-state index is 6.47. The third-order valence-corrected chi connectivity index (χ3v) is 14.7. The summed E-state index contributed by atoms with van der Waals surface area (Å²) < 4.78 is 11.3. The molecule has 70 heavy (non-hydrogen) atoms. The Balaban J connectivity index is 0.822. The Morgan fingerprint density at radius 3 is 1.44 bits per heavy atom. The fraction of sp³-hybridized carbons (Fsp3) is 0. The SMILES string of the molecule is c1ccc(-n2c3ccccc3c3cc(-c4ccc(N(c5ccc(-c6ccc7c(c6)c6cccc8c9ccccc9n7c86)cc5)c5ccc(-c6cccc7c6oc6ccccc67)cc5)cc4)ccc32)cc1. The number of fused-ring (bicyclic) bond motifs is 12. The second kappa shape index (κ2) is 15.1. The Hall–Kier alpha value is -9.38. The zero-order valence-electron chi connectivity index (χ0n) is 37.9. The summed E-state index contributed by atoms with van der Waals surface area (Å²) in [6.07, 6.45) is 0. The van der Waals surface area contributed by atoms with Crippen molar-refractivity contribution in [1.29, 1.82) is 0 Å². The Morgan fingerprint density at radius 2 is 0.757 bits per heavy atom. The molecule has 0 aliphatic carbocycles. The third kappa shape index (κ3) is 5.77. The van der Waals surface area contributed by atoms with E-state index in [0.717, 1.165) is 55.8 Å². The van der Waals surface area contributed by atoms with Gasteiger partial charge in [-0.1, -0.05) is 158 Å². The van der Waals surface area contributed by atoms with Gasteiger partial charge < -0.3 is 18.3 Å². The predicted octanol–water partition coefficient (Wildman–Crippen LogP) is 18.3. The molecule has 0 saturated heterocycles. The molecule has 0 N–H and O–H groups in total. The molecule has 4 heterocycles. The summed E-state index contributed by atoms with van der Waals surface area (Å²) in [6.45, 7) is 0. The molecule has 0 aliphatic rings. The van der Waals surface area contributed by atoms with E-state index in [0.29, 0.717) is 0 Å². The van der Waals surface area contributed by atoms with E-state index in [1.165, 1.54) is 82.2 Å². The van der Waals surface area contributed by atoms with Gasteiger partial charge in [-0.2, -0.15) is 0 Å². The number of aromatic nitrogens is 2. The van der Waals surface area contributed by atoms with Crippen LogP contribution in [0.5, 0.6) is 0 Å². The molecule has 0 aliphatic heterocycles. The van der Waals surface area contributed by atoms with Crippen molar-refractivity contribution in [1.82, 2.24) is 8.97 Å². The van der Waals surface area contributed by atoms with Gasteiger partial charge >= 0.3 is 0 Å². The number of furan rings is 1. The number of para-hydroxylation sites is 6. The third-order valence-electron chi connectivity index (χ3n) is 14.7. The summed E-state index contributed by atoms with van der Waals surface area (Å²) in [5.41, 5.74) is 19.3. The van der Waals surface area contributed by atoms with Crippen molar-refractivity contribution in [2.24, 2.45) is 0 Å². The van der Waals surface area contributed by atoms with Crippen LogP contribution >= 0.6 is 0 Å². The van der Waals surface area contributed by atoms with Crippen LogP contribution in [0, 0.1) is 0 Å². The van der Waals surface area contributed by atoms with E-state index in [1.807, 2.05) is 12.1 Å². The van der Waals surface area contributed by atoms with Gasteiger partial charge in [0.1, 0.15) is 11.2 Å². The van der Waals surface area contributed by atoms with Gasteiger partial charge in [0.15, 0.2) is 0 Å². The highest BCUT2D eigenvalue weighted by atomic mass is 16.3. The predicted molar refractivity (Wildman–Crippen MR) is 294 cm³/mol. The lowest BCUT2D eigenvalue weighted by Gasteiger charge is -2.26. The van der Waals surface area contributed by atoms with Crippen LogP contribution in [0.25, 0.3) is 121 Å². The number of benzene rings is 11. The second-order valence-corrected chi connectivity index (χ2v) is 18.5. The molecule has 4 heteroatoms. The lowest BCUT2D eigenvalue weighted by Crippen LogP contribution is -2.09. The van der Waals surface area contributed by atoms with Crippen molar-refractivity contribution in [3.05, 3.63) is 249 Å². The van der Waals surface area contributed by atoms with Gasteiger partial charge in [0.25, 0.3) is 0 Å². The minimum atomic E-state index is 0.902. The van der Waals surface area contributed by atoms with Crippen molar-refractivity contribution in [2.45, 2.75) is 0 Å². The minimum absolute atomic E-state index is 0.902. The monoisotopic (exact) mass is 891 g/mol. The van der Waals surface area contributed by atoms with E-state index in [9.17, 15) is 0 Å². The Labute approximate surface area is 403 Å². The van der Waals surface area contributed by atoms with Crippen molar-refractivity contribution in [3.8, 4) is 39.1 Å². The smallest absolute Gasteiger partial charge is 0.143 e. The summed E-state index contributed by atoms with van der Waals surface area (Å²) in [4.78, 5) is 2.36. The van der Waals surface area contributed by atoms with Crippen molar-refractivity contribution >= 4 is 98.9 Å². The zero-order chi connectivity index (χ0) is 45.9. The summed E-state index contributed by atoms with van der Waals surface area (Å²) in [5, 5.41) is 9.91. The summed E-state index contributed by atoms with van der Waals surface area (Å²) >= 11 is 0. The van der Waals surface area contributed by atoms with E-state index in [2.05, 4.69) is 250 Å². The maximum absolute atomic E-state index is 6.47. The van der Waals surface area contributed by atoms with E-state index in [1.54, 1.807) is 0 Å². The van der Waals surface area contributed by atoms with Crippen LogP contribution in [0.1, 0.15) is 0 Å². The van der Waals surface area contributed by atoms with Gasteiger partial charge in [-0.15, -0.1) is 0 Å². The number of hydrogen-bond acceptors (Lipinski definition) is 2. The largest absolute Gasteiger partial charge is 0.455 e. The molecule has 15 aromatic rings. The van der Waals surface area contributed by atoms with E-state index in [-0.39, 0.29) is 0 Å². The van der Waals surface area contributed by atoms with Gasteiger partial charge in [0, 0.05) is 71.4 Å². The van der Waals surface area contributed by atoms with Crippen LogP contribution in [-0.4, -0.2) is 8.97 Å². The van der Waals surface area contributed by atoms with Gasteiger partial charge in [0.05, 0.1) is 27.6 Å². The lowest BCUT2D eigenvalue weighted by atomic mass is 10.00. The second-order valence-electron chi connectivity index (χ2n) is 18.5. The highest BCUT2D eigenvalue weighted by Gasteiger charge is 2.20. The molecule has 4 aromatic heterocycles. The summed E-state index contributed by atoms with van der Waals surface area (Å²) in [5.74, 6) is 0. The van der Waals surface area contributed by atoms with Crippen LogP contribution in [-0.2, 0) is 0 Å². The van der Waals surface area contributed by atoms with Gasteiger partial charge in [-0.25, -0.2) is 0 Å². The van der Waals surface area contributed by atoms with Crippen LogP contribution in [0.4, 0.5) is 17.1 Å². The number of rotatable bonds is 7. The van der Waals surface area contributed by atoms with E-state index < -0.39 is 0 Å². The number of nitrogens with zero attached hydrogens (tertiary/aromatic N) is 3. The number of hydrogen-bond donors (Lipinski definition) is 0. The first-order valence-corrected chi connectivity index (χ1v) is 24.0. The van der Waals surface area contributed by atoms with Gasteiger partial charge in [-0.3, -0.25) is 0 Å². The Bertz CT molecular complexity index is 4500. The molecule has 15 rings (SSSR count). The van der Waals surface area contributed by atoms with Crippen LogP contribution in [0.15, 0.2) is 253 Å². The standard InChI is InChI=1S/C66H41N3O/c1-2-12-47(13-3-1)68-60-21-7-5-15-53(60)58-40-45(30-38-62(58)68)42-24-32-48(33-25-42)67(50-36-28-44(29-37-50)51-17-10-20-57-54-16-6-9-23-64(54)70-66(51)57)49-34-26-43(27-35-49)46-31-39-63-59(41-46)56-19-11-18-55-52-14-4-8-22-61(52)69(63)65(55)56/h1-41H. The molecule has 0 fully saturated rings. The molecule has 0 amide bonds. The normalized spacial score (nSPS) is 12.0. The van der Waals surface area contributed by atoms with Crippen molar-refractivity contribution < 1.29 is 4.42 Å². The van der Waals surface area contributed by atoms with Gasteiger partial charge in [0.2, 0.25) is 0 Å². The molecule has 326 valence electrons. The average molecular weight is 892 g/mol. The number of anilines is 3. The fourth-order valence-corrected chi connectivity index (χ4v) is 11.4. The van der Waals surface area contributed by atoms with E-state index >= 15 is 0 Å².